The van der Waals surface area contributed by atoms with Gasteiger partial charge in [-0.2, -0.15) is 0 Å². The van der Waals surface area contributed by atoms with Gasteiger partial charge in [-0.15, -0.1) is 0 Å². The number of rotatable bonds is 23. The van der Waals surface area contributed by atoms with E-state index in [1.807, 2.05) is 0 Å². The normalized spacial score (nSPS) is 15.9. The molecule has 0 rings (SSSR count). The van der Waals surface area contributed by atoms with Crippen molar-refractivity contribution in [2.75, 3.05) is 19.8 Å². The highest BCUT2D eigenvalue weighted by atomic mass is 16.9. The van der Waals surface area contributed by atoms with E-state index < -0.39 is 5.97 Å². The lowest BCUT2D eigenvalue weighted by Crippen LogP contribution is -2.53. The van der Waals surface area contributed by atoms with Crippen LogP contribution in [0.3, 0.4) is 0 Å². The summed E-state index contributed by atoms with van der Waals surface area (Å²) < 4.78 is 26.0. The second kappa shape index (κ2) is 20.4. The van der Waals surface area contributed by atoms with Crippen LogP contribution in [0.4, 0.5) is 0 Å². The van der Waals surface area contributed by atoms with E-state index in [4.69, 9.17) is 18.9 Å². The Bertz CT molecular complexity index is 374. The molecule has 0 N–H and O–H groups in total. The molecule has 0 aromatic rings. The number of ether oxygens (including phenoxy) is 4. The molecule has 0 spiro atoms. The average molecular weight is 445 g/mol. The van der Waals surface area contributed by atoms with E-state index in [0.717, 1.165) is 44.9 Å². The average Bonchev–Trinajstić information content (AvgIpc) is 2.75. The van der Waals surface area contributed by atoms with Crippen LogP contribution >= 0.6 is 0 Å². The smallest absolute Gasteiger partial charge is 0.310 e. The minimum absolute atomic E-state index is 0.155. The van der Waals surface area contributed by atoms with E-state index in [0.29, 0.717) is 25.7 Å². The molecule has 0 aromatic carbocycles. The number of hydrogen-bond acceptors (Lipinski definition) is 4. The SMILES string of the molecule is CCCCCCOC(OCCCCC)(OCCC(C)C)C(CCCCC)OC(C)CC. The van der Waals surface area contributed by atoms with Crippen molar-refractivity contribution >= 4 is 0 Å². The molecular formula is C27H56O4. The first-order valence-electron chi connectivity index (χ1n) is 13.5. The Morgan fingerprint density at radius 3 is 1.65 bits per heavy atom. The summed E-state index contributed by atoms with van der Waals surface area (Å²) in [7, 11) is 0. The van der Waals surface area contributed by atoms with Gasteiger partial charge in [0, 0.05) is 0 Å². The molecule has 31 heavy (non-hydrogen) atoms. The lowest BCUT2D eigenvalue weighted by molar-refractivity contribution is -0.422. The third-order valence-electron chi connectivity index (χ3n) is 5.79. The molecule has 3 atom stereocenters. The van der Waals surface area contributed by atoms with Crippen LogP contribution in [0.15, 0.2) is 0 Å². The summed E-state index contributed by atoms with van der Waals surface area (Å²) in [5.41, 5.74) is 0. The first-order valence-corrected chi connectivity index (χ1v) is 13.5. The first-order chi connectivity index (χ1) is 15.0. The minimum atomic E-state index is -1.09. The van der Waals surface area contributed by atoms with Gasteiger partial charge in [-0.05, 0) is 44.9 Å². The maximum absolute atomic E-state index is 6.53. The van der Waals surface area contributed by atoms with E-state index in [-0.39, 0.29) is 12.2 Å². The summed E-state index contributed by atoms with van der Waals surface area (Å²) in [5.74, 6) is -0.511. The Morgan fingerprint density at radius 2 is 1.10 bits per heavy atom. The van der Waals surface area contributed by atoms with Gasteiger partial charge in [-0.3, -0.25) is 0 Å². The summed E-state index contributed by atoms with van der Waals surface area (Å²) in [6, 6.07) is 0. The molecule has 0 heterocycles. The zero-order valence-electron chi connectivity index (χ0n) is 22.2. The largest absolute Gasteiger partial charge is 0.367 e. The van der Waals surface area contributed by atoms with E-state index in [1.165, 1.54) is 38.5 Å². The predicted molar refractivity (Wildman–Crippen MR) is 132 cm³/mol. The van der Waals surface area contributed by atoms with Crippen LogP contribution in [-0.4, -0.2) is 38.0 Å². The van der Waals surface area contributed by atoms with Gasteiger partial charge in [-0.1, -0.05) is 92.9 Å². The van der Waals surface area contributed by atoms with Crippen LogP contribution in [0.5, 0.6) is 0 Å². The second-order valence-electron chi connectivity index (χ2n) is 9.44. The quantitative estimate of drug-likeness (QED) is 0.117. The molecule has 4 heteroatoms. The summed E-state index contributed by atoms with van der Waals surface area (Å²) in [6.45, 7) is 17.4. The van der Waals surface area contributed by atoms with Crippen LogP contribution in [-0.2, 0) is 18.9 Å². The summed E-state index contributed by atoms with van der Waals surface area (Å²) in [6.07, 6.45) is 14.3. The zero-order valence-corrected chi connectivity index (χ0v) is 22.2. The fourth-order valence-electron chi connectivity index (χ4n) is 3.44. The predicted octanol–water partition coefficient (Wildman–Crippen LogP) is 8.27. The van der Waals surface area contributed by atoms with Crippen molar-refractivity contribution in [1.82, 2.24) is 0 Å². The van der Waals surface area contributed by atoms with Crippen molar-refractivity contribution in [1.29, 1.82) is 0 Å². The van der Waals surface area contributed by atoms with E-state index in [1.54, 1.807) is 0 Å². The molecule has 0 saturated carbocycles. The molecule has 0 aliphatic heterocycles. The molecule has 0 aromatic heterocycles. The topological polar surface area (TPSA) is 36.9 Å². The van der Waals surface area contributed by atoms with Gasteiger partial charge >= 0.3 is 5.97 Å². The fourth-order valence-corrected chi connectivity index (χ4v) is 3.44. The molecule has 0 fully saturated rings. The summed E-state index contributed by atoms with van der Waals surface area (Å²) in [5, 5.41) is 0. The molecule has 0 aliphatic carbocycles. The Morgan fingerprint density at radius 1 is 0.581 bits per heavy atom. The lowest BCUT2D eigenvalue weighted by Gasteiger charge is -2.40. The zero-order chi connectivity index (χ0) is 23.4. The van der Waals surface area contributed by atoms with Gasteiger partial charge in [0.2, 0.25) is 0 Å². The van der Waals surface area contributed by atoms with Gasteiger partial charge < -0.3 is 18.9 Å². The number of unbranched alkanes of at least 4 members (excludes halogenated alkanes) is 7. The highest BCUT2D eigenvalue weighted by molar-refractivity contribution is 4.75. The fraction of sp³-hybridized carbons (Fsp3) is 1.00. The monoisotopic (exact) mass is 444 g/mol. The van der Waals surface area contributed by atoms with Crippen LogP contribution < -0.4 is 0 Å². The molecule has 0 aliphatic rings. The molecule has 0 saturated heterocycles. The molecule has 188 valence electrons. The molecule has 4 nitrogen and oxygen atoms in total. The maximum Gasteiger partial charge on any atom is 0.310 e. The van der Waals surface area contributed by atoms with E-state index in [2.05, 4.69) is 48.5 Å². The highest BCUT2D eigenvalue weighted by Crippen LogP contribution is 2.30. The van der Waals surface area contributed by atoms with Crippen LogP contribution in [0.25, 0.3) is 0 Å². The Balaban J connectivity index is 5.55. The van der Waals surface area contributed by atoms with Gasteiger partial charge in [0.15, 0.2) is 0 Å². The Hall–Kier alpha value is -0.160. The van der Waals surface area contributed by atoms with E-state index in [9.17, 15) is 0 Å². The highest BCUT2D eigenvalue weighted by Gasteiger charge is 2.44. The Kier molecular flexibility index (Phi) is 20.3. The van der Waals surface area contributed by atoms with Gasteiger partial charge in [0.1, 0.15) is 6.10 Å². The third kappa shape index (κ3) is 15.3. The second-order valence-corrected chi connectivity index (χ2v) is 9.44. The maximum atomic E-state index is 6.53. The molecule has 0 bridgehead atoms. The van der Waals surface area contributed by atoms with Crippen molar-refractivity contribution in [3.05, 3.63) is 0 Å². The van der Waals surface area contributed by atoms with E-state index >= 15 is 0 Å². The molecular weight excluding hydrogens is 388 g/mol. The third-order valence-corrected chi connectivity index (χ3v) is 5.79. The van der Waals surface area contributed by atoms with Crippen molar-refractivity contribution in [2.45, 2.75) is 150 Å². The van der Waals surface area contributed by atoms with Crippen molar-refractivity contribution in [3.8, 4) is 0 Å². The molecule has 0 amide bonds. The summed E-state index contributed by atoms with van der Waals surface area (Å²) >= 11 is 0. The molecule has 3 unspecified atom stereocenters. The van der Waals surface area contributed by atoms with Crippen LogP contribution in [0, 0.1) is 5.92 Å². The minimum Gasteiger partial charge on any atom is -0.367 e. The van der Waals surface area contributed by atoms with Gasteiger partial charge in [-0.25, -0.2) is 0 Å². The first kappa shape index (κ1) is 30.8. The standard InChI is InChI=1S/C27H56O4/c1-8-12-15-18-22-29-27(28-21-17-14-10-3,30-23-20-24(5)6)26(19-16-13-9-2)31-25(7)11-4/h24-26H,8-23H2,1-7H3. The Labute approximate surface area is 195 Å². The van der Waals surface area contributed by atoms with Crippen LogP contribution in [0.2, 0.25) is 0 Å². The van der Waals surface area contributed by atoms with Crippen LogP contribution in [0.1, 0.15) is 132 Å². The van der Waals surface area contributed by atoms with Crippen molar-refractivity contribution in [3.63, 3.8) is 0 Å². The summed E-state index contributed by atoms with van der Waals surface area (Å²) in [4.78, 5) is 0. The van der Waals surface area contributed by atoms with Gasteiger partial charge in [0.05, 0.1) is 25.9 Å². The lowest BCUT2D eigenvalue weighted by atomic mass is 10.1. The number of hydrogen-bond donors (Lipinski definition) is 0. The van der Waals surface area contributed by atoms with Crippen molar-refractivity contribution in [2.24, 2.45) is 5.92 Å². The molecule has 0 radical (unpaired) electrons. The van der Waals surface area contributed by atoms with Crippen molar-refractivity contribution < 1.29 is 18.9 Å². The van der Waals surface area contributed by atoms with Gasteiger partial charge in [0.25, 0.3) is 0 Å².